The maximum atomic E-state index is 10.6. The fourth-order valence-electron chi connectivity index (χ4n) is 5.49. The van der Waals surface area contributed by atoms with Gasteiger partial charge in [-0.3, -0.25) is 0 Å². The smallest absolute Gasteiger partial charge is 0.0653 e. The van der Waals surface area contributed by atoms with Crippen molar-refractivity contribution in [3.63, 3.8) is 0 Å². The highest BCUT2D eigenvalue weighted by Gasteiger charge is 2.63. The van der Waals surface area contributed by atoms with Crippen molar-refractivity contribution in [2.45, 2.75) is 71.3 Å². The van der Waals surface area contributed by atoms with Crippen LogP contribution in [0.15, 0.2) is 0 Å². The Morgan fingerprint density at radius 3 is 2.62 bits per heavy atom. The predicted molar refractivity (Wildman–Crippen MR) is 66.1 cm³/mol. The maximum absolute atomic E-state index is 10.6. The summed E-state index contributed by atoms with van der Waals surface area (Å²) in [5.41, 5.74) is 0.633. The van der Waals surface area contributed by atoms with Gasteiger partial charge in [-0.15, -0.1) is 0 Å². The van der Waals surface area contributed by atoms with Gasteiger partial charge >= 0.3 is 0 Å². The van der Waals surface area contributed by atoms with Crippen molar-refractivity contribution in [2.24, 2.45) is 22.7 Å². The van der Waals surface area contributed by atoms with E-state index in [0.717, 1.165) is 12.3 Å². The fraction of sp³-hybridized carbons (Fsp3) is 1.00. The Hall–Kier alpha value is -0.0400. The summed E-state index contributed by atoms with van der Waals surface area (Å²) in [6, 6.07) is 0. The van der Waals surface area contributed by atoms with E-state index in [4.69, 9.17) is 0 Å². The van der Waals surface area contributed by atoms with E-state index in [9.17, 15) is 5.11 Å². The number of hydrogen-bond donors (Lipinski definition) is 1. The van der Waals surface area contributed by atoms with Crippen LogP contribution < -0.4 is 0 Å². The molecule has 0 aromatic rings. The quantitative estimate of drug-likeness (QED) is 0.662. The van der Waals surface area contributed by atoms with Crippen LogP contribution in [-0.4, -0.2) is 10.7 Å². The van der Waals surface area contributed by atoms with Crippen LogP contribution in [0.5, 0.6) is 0 Å². The number of rotatable bonds is 0. The Balaban J connectivity index is 2.02. The van der Waals surface area contributed by atoms with Crippen molar-refractivity contribution < 1.29 is 5.11 Å². The molecule has 2 bridgehead atoms. The minimum Gasteiger partial charge on any atom is -0.390 e. The first-order chi connectivity index (χ1) is 7.40. The summed E-state index contributed by atoms with van der Waals surface area (Å²) in [7, 11) is 0. The second-order valence-corrected chi connectivity index (χ2v) is 7.46. The third-order valence-corrected chi connectivity index (χ3v) is 6.82. The molecule has 3 fully saturated rings. The summed E-state index contributed by atoms with van der Waals surface area (Å²) in [5.74, 6) is 1.45. The van der Waals surface area contributed by atoms with Gasteiger partial charge in [0, 0.05) is 0 Å². The van der Waals surface area contributed by atoms with Gasteiger partial charge in [-0.05, 0) is 61.7 Å². The topological polar surface area (TPSA) is 20.2 Å². The summed E-state index contributed by atoms with van der Waals surface area (Å²) >= 11 is 0. The van der Waals surface area contributed by atoms with Gasteiger partial charge in [0.15, 0.2) is 0 Å². The third-order valence-electron chi connectivity index (χ3n) is 6.82. The van der Waals surface area contributed by atoms with Crippen molar-refractivity contribution in [3.8, 4) is 0 Å². The minimum atomic E-state index is -0.366. The highest BCUT2D eigenvalue weighted by Crippen LogP contribution is 2.70. The molecule has 0 amide bonds. The Bertz CT molecular complexity index is 309. The van der Waals surface area contributed by atoms with E-state index in [0.29, 0.717) is 16.7 Å². The van der Waals surface area contributed by atoms with Crippen molar-refractivity contribution >= 4 is 0 Å². The Morgan fingerprint density at radius 2 is 1.88 bits per heavy atom. The molecule has 3 rings (SSSR count). The van der Waals surface area contributed by atoms with Crippen molar-refractivity contribution in [1.82, 2.24) is 0 Å². The van der Waals surface area contributed by atoms with Crippen LogP contribution in [0, 0.1) is 22.7 Å². The third kappa shape index (κ3) is 1.16. The summed E-state index contributed by atoms with van der Waals surface area (Å²) in [5, 5.41) is 10.6. The van der Waals surface area contributed by atoms with Gasteiger partial charge in [-0.1, -0.05) is 26.7 Å². The second-order valence-electron chi connectivity index (χ2n) is 7.46. The fourth-order valence-corrected chi connectivity index (χ4v) is 5.49. The second kappa shape index (κ2) is 3.04. The van der Waals surface area contributed by atoms with Gasteiger partial charge < -0.3 is 5.11 Å². The van der Waals surface area contributed by atoms with E-state index < -0.39 is 0 Å². The molecule has 0 aromatic carbocycles. The zero-order valence-corrected chi connectivity index (χ0v) is 11.1. The summed E-state index contributed by atoms with van der Waals surface area (Å²) < 4.78 is 0. The van der Waals surface area contributed by atoms with E-state index in [2.05, 4.69) is 20.8 Å². The largest absolute Gasteiger partial charge is 0.390 e. The molecule has 92 valence electrons. The summed E-state index contributed by atoms with van der Waals surface area (Å²) in [4.78, 5) is 0. The predicted octanol–water partition coefficient (Wildman–Crippen LogP) is 3.75. The summed E-state index contributed by atoms with van der Waals surface area (Å²) in [6.45, 7) is 7.07. The zero-order valence-electron chi connectivity index (χ0n) is 11.1. The first kappa shape index (κ1) is 11.1. The van der Waals surface area contributed by atoms with Crippen LogP contribution in [-0.2, 0) is 0 Å². The van der Waals surface area contributed by atoms with Crippen LogP contribution in [0.1, 0.15) is 65.7 Å². The van der Waals surface area contributed by atoms with Crippen LogP contribution in [0.4, 0.5) is 0 Å². The number of aliphatic hydroxyl groups is 1. The molecule has 0 aliphatic heterocycles. The van der Waals surface area contributed by atoms with E-state index in [1.807, 2.05) is 0 Å². The molecule has 0 radical (unpaired) electrons. The average molecular weight is 222 g/mol. The van der Waals surface area contributed by atoms with Crippen LogP contribution in [0.25, 0.3) is 0 Å². The van der Waals surface area contributed by atoms with Crippen molar-refractivity contribution in [3.05, 3.63) is 0 Å². The number of fused-ring (bicyclic) bond motifs is 1. The molecule has 1 nitrogen and oxygen atoms in total. The standard InChI is InChI=1S/C15H26O/c1-11-5-4-7-15-9-12(14(3,16)10-15)6-8-13(11,15)2/h11-12,16H,4-10H2,1-3H3/t11-,12-,13+,14+,15-/m1/s1. The molecular weight excluding hydrogens is 196 g/mol. The maximum Gasteiger partial charge on any atom is 0.0653 e. The van der Waals surface area contributed by atoms with Gasteiger partial charge in [0.05, 0.1) is 5.60 Å². The number of hydrogen-bond acceptors (Lipinski definition) is 1. The van der Waals surface area contributed by atoms with E-state index in [1.165, 1.54) is 38.5 Å². The highest BCUT2D eigenvalue weighted by molar-refractivity contribution is 5.14. The lowest BCUT2D eigenvalue weighted by molar-refractivity contribution is -0.0707. The van der Waals surface area contributed by atoms with Crippen LogP contribution >= 0.6 is 0 Å². The van der Waals surface area contributed by atoms with Crippen LogP contribution in [0.2, 0.25) is 0 Å². The molecule has 3 aliphatic rings. The Morgan fingerprint density at radius 1 is 1.12 bits per heavy atom. The van der Waals surface area contributed by atoms with Gasteiger partial charge in [0.1, 0.15) is 0 Å². The van der Waals surface area contributed by atoms with E-state index in [-0.39, 0.29) is 5.60 Å². The SMILES string of the molecule is C[C@@H]1CCC[C@]23C[C@@H](CC[C@@]12C)[C@@](C)(O)C3. The van der Waals surface area contributed by atoms with Gasteiger partial charge in [0.2, 0.25) is 0 Å². The molecule has 1 N–H and O–H groups in total. The molecule has 3 saturated carbocycles. The monoisotopic (exact) mass is 222 g/mol. The van der Waals surface area contributed by atoms with Gasteiger partial charge in [-0.25, -0.2) is 0 Å². The lowest BCUT2D eigenvalue weighted by Gasteiger charge is -2.56. The normalized spacial score (nSPS) is 60.8. The average Bonchev–Trinajstić information content (AvgIpc) is 2.41. The summed E-state index contributed by atoms with van der Waals surface area (Å²) in [6.07, 6.45) is 9.17. The Kier molecular flexibility index (Phi) is 2.11. The van der Waals surface area contributed by atoms with E-state index >= 15 is 0 Å². The molecule has 16 heavy (non-hydrogen) atoms. The lowest BCUT2D eigenvalue weighted by Crippen LogP contribution is -2.48. The molecule has 0 unspecified atom stereocenters. The zero-order chi connectivity index (χ0) is 11.6. The van der Waals surface area contributed by atoms with E-state index in [1.54, 1.807) is 0 Å². The first-order valence-corrected chi connectivity index (χ1v) is 7.12. The minimum absolute atomic E-state index is 0.366. The van der Waals surface area contributed by atoms with Crippen LogP contribution in [0.3, 0.4) is 0 Å². The van der Waals surface area contributed by atoms with Crippen molar-refractivity contribution in [2.75, 3.05) is 0 Å². The molecule has 0 heterocycles. The molecule has 1 spiro atoms. The first-order valence-electron chi connectivity index (χ1n) is 7.12. The molecule has 3 aliphatic carbocycles. The van der Waals surface area contributed by atoms with Gasteiger partial charge in [-0.2, -0.15) is 0 Å². The molecule has 0 aromatic heterocycles. The molecular formula is C15H26O. The highest BCUT2D eigenvalue weighted by atomic mass is 16.3. The van der Waals surface area contributed by atoms with Gasteiger partial charge in [0.25, 0.3) is 0 Å². The lowest BCUT2D eigenvalue weighted by atomic mass is 9.48. The van der Waals surface area contributed by atoms with Crippen molar-refractivity contribution in [1.29, 1.82) is 0 Å². The molecule has 5 atom stereocenters. The molecule has 1 heteroatoms. The Labute approximate surface area is 99.6 Å². The molecule has 0 saturated heterocycles.